The number of halogens is 2. The van der Waals surface area contributed by atoms with Crippen molar-refractivity contribution in [1.82, 2.24) is 4.90 Å². The second-order valence-electron chi connectivity index (χ2n) is 4.41. The highest BCUT2D eigenvalue weighted by molar-refractivity contribution is 6.30. The van der Waals surface area contributed by atoms with Gasteiger partial charge in [0.2, 0.25) is 0 Å². The van der Waals surface area contributed by atoms with Gasteiger partial charge in [-0.1, -0.05) is 37.9 Å². The van der Waals surface area contributed by atoms with E-state index in [4.69, 9.17) is 17.3 Å². The summed E-state index contributed by atoms with van der Waals surface area (Å²) in [5.74, 6) is -0.382. The molecule has 2 N–H and O–H groups in total. The Labute approximate surface area is 114 Å². The van der Waals surface area contributed by atoms with Gasteiger partial charge in [-0.3, -0.25) is 4.90 Å². The van der Waals surface area contributed by atoms with Crippen LogP contribution in [0, 0.1) is 5.82 Å². The van der Waals surface area contributed by atoms with E-state index in [1.807, 2.05) is 0 Å². The fraction of sp³-hybridized carbons (Fsp3) is 0.571. The Morgan fingerprint density at radius 2 is 2.11 bits per heavy atom. The minimum absolute atomic E-state index is 0.111. The molecule has 0 saturated carbocycles. The molecule has 0 fully saturated rings. The highest BCUT2D eigenvalue weighted by Crippen LogP contribution is 2.24. The van der Waals surface area contributed by atoms with Gasteiger partial charge in [-0.25, -0.2) is 4.39 Å². The molecule has 18 heavy (non-hydrogen) atoms. The van der Waals surface area contributed by atoms with Gasteiger partial charge in [-0.2, -0.15) is 0 Å². The Kier molecular flexibility index (Phi) is 6.61. The Balaban J connectivity index is 2.88. The number of nitrogens with zero attached hydrogens (tertiary/aromatic N) is 1. The maximum atomic E-state index is 13.2. The van der Waals surface area contributed by atoms with Crippen LogP contribution in [0.15, 0.2) is 18.2 Å². The van der Waals surface area contributed by atoms with Crippen LogP contribution < -0.4 is 5.73 Å². The largest absolute Gasteiger partial charge is 0.329 e. The molecule has 0 aliphatic rings. The van der Waals surface area contributed by atoms with Crippen molar-refractivity contribution in [1.29, 1.82) is 0 Å². The second kappa shape index (κ2) is 7.72. The van der Waals surface area contributed by atoms with Gasteiger partial charge in [-0.15, -0.1) is 0 Å². The molecule has 0 spiro atoms. The van der Waals surface area contributed by atoms with E-state index in [1.54, 1.807) is 12.1 Å². The SMILES string of the molecule is CCCCN(CC)C(CN)c1ccc(F)c(Cl)c1. The van der Waals surface area contributed by atoms with Gasteiger partial charge < -0.3 is 5.73 Å². The fourth-order valence-electron chi connectivity index (χ4n) is 2.11. The van der Waals surface area contributed by atoms with Crippen molar-refractivity contribution >= 4 is 11.6 Å². The summed E-state index contributed by atoms with van der Waals surface area (Å²) in [5.41, 5.74) is 6.85. The lowest BCUT2D eigenvalue weighted by molar-refractivity contribution is 0.209. The van der Waals surface area contributed by atoms with Gasteiger partial charge in [0.1, 0.15) is 5.82 Å². The lowest BCUT2D eigenvalue weighted by Gasteiger charge is -2.30. The topological polar surface area (TPSA) is 29.3 Å². The number of benzene rings is 1. The van der Waals surface area contributed by atoms with Crippen LogP contribution in [0.1, 0.15) is 38.3 Å². The fourth-order valence-corrected chi connectivity index (χ4v) is 2.30. The molecule has 0 amide bonds. The summed E-state index contributed by atoms with van der Waals surface area (Å²) in [6.07, 6.45) is 2.29. The molecule has 4 heteroatoms. The molecule has 1 atom stereocenters. The quantitative estimate of drug-likeness (QED) is 0.822. The highest BCUT2D eigenvalue weighted by atomic mass is 35.5. The molecule has 0 bridgehead atoms. The summed E-state index contributed by atoms with van der Waals surface area (Å²) in [7, 11) is 0. The van der Waals surface area contributed by atoms with E-state index in [9.17, 15) is 4.39 Å². The smallest absolute Gasteiger partial charge is 0.141 e. The zero-order valence-electron chi connectivity index (χ0n) is 11.1. The number of nitrogens with two attached hydrogens (primary N) is 1. The first-order chi connectivity index (χ1) is 8.63. The van der Waals surface area contributed by atoms with Gasteiger partial charge >= 0.3 is 0 Å². The minimum atomic E-state index is -0.382. The van der Waals surface area contributed by atoms with E-state index in [0.29, 0.717) is 6.54 Å². The number of hydrogen-bond donors (Lipinski definition) is 1. The molecule has 1 aromatic carbocycles. The summed E-state index contributed by atoms with van der Waals surface area (Å²) in [5, 5.41) is 0.164. The van der Waals surface area contributed by atoms with Crippen LogP contribution >= 0.6 is 11.6 Å². The molecular weight excluding hydrogens is 251 g/mol. The van der Waals surface area contributed by atoms with E-state index < -0.39 is 0 Å². The van der Waals surface area contributed by atoms with Crippen molar-refractivity contribution in [2.24, 2.45) is 5.73 Å². The normalized spacial score (nSPS) is 13.0. The average molecular weight is 273 g/mol. The van der Waals surface area contributed by atoms with E-state index >= 15 is 0 Å². The first kappa shape index (κ1) is 15.4. The van der Waals surface area contributed by atoms with E-state index in [1.165, 1.54) is 6.07 Å². The number of unbranched alkanes of at least 4 members (excludes halogenated alkanes) is 1. The lowest BCUT2D eigenvalue weighted by atomic mass is 10.0. The Bertz CT molecular complexity index is 371. The third-order valence-electron chi connectivity index (χ3n) is 3.20. The molecule has 0 aliphatic carbocycles. The number of hydrogen-bond acceptors (Lipinski definition) is 2. The van der Waals surface area contributed by atoms with Crippen molar-refractivity contribution in [2.45, 2.75) is 32.7 Å². The molecule has 0 heterocycles. The summed E-state index contributed by atoms with van der Waals surface area (Å²) < 4.78 is 13.2. The summed E-state index contributed by atoms with van der Waals surface area (Å²) in [4.78, 5) is 2.31. The van der Waals surface area contributed by atoms with Gasteiger partial charge in [-0.05, 0) is 37.2 Å². The molecule has 0 aliphatic heterocycles. The van der Waals surface area contributed by atoms with Crippen LogP contribution in [0.5, 0.6) is 0 Å². The zero-order valence-corrected chi connectivity index (χ0v) is 11.9. The molecule has 2 nitrogen and oxygen atoms in total. The van der Waals surface area contributed by atoms with Crippen LogP contribution in [0.4, 0.5) is 4.39 Å². The second-order valence-corrected chi connectivity index (χ2v) is 4.81. The van der Waals surface area contributed by atoms with Crippen molar-refractivity contribution in [3.63, 3.8) is 0 Å². The van der Waals surface area contributed by atoms with Crippen molar-refractivity contribution in [3.8, 4) is 0 Å². The average Bonchev–Trinajstić information content (AvgIpc) is 2.38. The zero-order chi connectivity index (χ0) is 13.5. The van der Waals surface area contributed by atoms with Crippen molar-refractivity contribution in [3.05, 3.63) is 34.6 Å². The van der Waals surface area contributed by atoms with Crippen LogP contribution in [0.3, 0.4) is 0 Å². The first-order valence-corrected chi connectivity index (χ1v) is 6.90. The first-order valence-electron chi connectivity index (χ1n) is 6.53. The van der Waals surface area contributed by atoms with Crippen LogP contribution in [-0.4, -0.2) is 24.5 Å². The van der Waals surface area contributed by atoms with Gasteiger partial charge in [0.15, 0.2) is 0 Å². The molecule has 102 valence electrons. The maximum Gasteiger partial charge on any atom is 0.141 e. The molecule has 0 radical (unpaired) electrons. The van der Waals surface area contributed by atoms with Crippen LogP contribution in [0.25, 0.3) is 0 Å². The van der Waals surface area contributed by atoms with E-state index in [0.717, 1.165) is 31.5 Å². The Morgan fingerprint density at radius 3 is 2.61 bits per heavy atom. The minimum Gasteiger partial charge on any atom is -0.329 e. The summed E-state index contributed by atoms with van der Waals surface area (Å²) >= 11 is 5.83. The van der Waals surface area contributed by atoms with Crippen LogP contribution in [0.2, 0.25) is 5.02 Å². The number of rotatable bonds is 7. The standard InChI is InChI=1S/C14H22ClFN2/c1-3-5-8-18(4-2)14(10-17)11-6-7-13(16)12(15)9-11/h6-7,9,14H,3-5,8,10,17H2,1-2H3. The summed E-state index contributed by atoms with van der Waals surface area (Å²) in [6, 6.07) is 4.98. The van der Waals surface area contributed by atoms with Gasteiger partial charge in [0.25, 0.3) is 0 Å². The molecule has 1 unspecified atom stereocenters. The lowest BCUT2D eigenvalue weighted by Crippen LogP contribution is -2.34. The third-order valence-corrected chi connectivity index (χ3v) is 3.49. The monoisotopic (exact) mass is 272 g/mol. The highest BCUT2D eigenvalue weighted by Gasteiger charge is 2.18. The van der Waals surface area contributed by atoms with Crippen LogP contribution in [-0.2, 0) is 0 Å². The van der Waals surface area contributed by atoms with Crippen molar-refractivity contribution in [2.75, 3.05) is 19.6 Å². The molecule has 0 saturated heterocycles. The maximum absolute atomic E-state index is 13.2. The third kappa shape index (κ3) is 3.94. The number of likely N-dealkylation sites (N-methyl/N-ethyl adjacent to an activating group) is 1. The van der Waals surface area contributed by atoms with E-state index in [2.05, 4.69) is 18.7 Å². The van der Waals surface area contributed by atoms with Crippen molar-refractivity contribution < 1.29 is 4.39 Å². The predicted octanol–water partition coefficient (Wildman–Crippen LogP) is 3.60. The Morgan fingerprint density at radius 1 is 1.39 bits per heavy atom. The molecular formula is C14H22ClFN2. The molecule has 0 aromatic heterocycles. The van der Waals surface area contributed by atoms with Gasteiger partial charge in [0.05, 0.1) is 5.02 Å². The predicted molar refractivity (Wildman–Crippen MR) is 75.4 cm³/mol. The van der Waals surface area contributed by atoms with Gasteiger partial charge in [0, 0.05) is 12.6 Å². The van der Waals surface area contributed by atoms with E-state index in [-0.39, 0.29) is 16.9 Å². The summed E-state index contributed by atoms with van der Waals surface area (Å²) in [6.45, 7) is 6.73. The molecule has 1 aromatic rings. The Hall–Kier alpha value is -0.640. The molecule has 1 rings (SSSR count).